The standard InChI is InChI=1S/C29H26F3N5O2/c1-2-36-27-23(17-34-37(27)22-12-4-3-5-13-22)24(19-9-6-8-18(14-19)16-33)25(28(36)39)35-26(38)20-10-7-11-21(15-20)29(30,31)32/h3-15,17,24-25H,2,16,33H2,1H3,(H,35,38)/t24-,25+/m1/s1. The zero-order chi connectivity index (χ0) is 27.7. The largest absolute Gasteiger partial charge is 0.416 e. The molecule has 4 aromatic rings. The molecule has 2 atom stereocenters. The highest BCUT2D eigenvalue weighted by atomic mass is 19.4. The number of nitrogens with two attached hydrogens (primary N) is 1. The molecule has 0 spiro atoms. The molecule has 200 valence electrons. The van der Waals surface area contributed by atoms with Crippen molar-refractivity contribution in [1.29, 1.82) is 0 Å². The summed E-state index contributed by atoms with van der Waals surface area (Å²) in [6, 6.07) is 19.8. The zero-order valence-electron chi connectivity index (χ0n) is 21.0. The van der Waals surface area contributed by atoms with E-state index in [-0.39, 0.29) is 18.7 Å². The van der Waals surface area contributed by atoms with Gasteiger partial charge in [0.2, 0.25) is 0 Å². The lowest BCUT2D eigenvalue weighted by Gasteiger charge is -2.38. The van der Waals surface area contributed by atoms with E-state index in [0.29, 0.717) is 11.4 Å². The molecule has 39 heavy (non-hydrogen) atoms. The Kier molecular flexibility index (Phi) is 6.96. The third-order valence-corrected chi connectivity index (χ3v) is 6.83. The quantitative estimate of drug-likeness (QED) is 0.378. The second-order valence-electron chi connectivity index (χ2n) is 9.21. The van der Waals surface area contributed by atoms with Gasteiger partial charge in [-0.3, -0.25) is 14.5 Å². The van der Waals surface area contributed by atoms with E-state index in [0.717, 1.165) is 28.9 Å². The number of carbonyl (C=O) groups is 2. The Morgan fingerprint density at radius 3 is 2.46 bits per heavy atom. The number of aromatic nitrogens is 2. The first kappa shape index (κ1) is 26.2. The van der Waals surface area contributed by atoms with E-state index in [9.17, 15) is 22.8 Å². The van der Waals surface area contributed by atoms with Crippen LogP contribution < -0.4 is 16.0 Å². The number of alkyl halides is 3. The number of likely N-dealkylation sites (N-methyl/N-ethyl adjacent to an activating group) is 1. The van der Waals surface area contributed by atoms with E-state index >= 15 is 0 Å². The Morgan fingerprint density at radius 1 is 1.03 bits per heavy atom. The van der Waals surface area contributed by atoms with Crippen LogP contribution in [0.15, 0.2) is 85.1 Å². The van der Waals surface area contributed by atoms with Crippen LogP contribution in [0.2, 0.25) is 0 Å². The van der Waals surface area contributed by atoms with Gasteiger partial charge in [0.05, 0.1) is 17.4 Å². The molecule has 2 amide bonds. The van der Waals surface area contributed by atoms with E-state index in [1.165, 1.54) is 17.0 Å². The third kappa shape index (κ3) is 4.90. The van der Waals surface area contributed by atoms with Gasteiger partial charge in [-0.05, 0) is 48.4 Å². The summed E-state index contributed by atoms with van der Waals surface area (Å²) in [6.45, 7) is 2.37. The zero-order valence-corrected chi connectivity index (χ0v) is 21.0. The topological polar surface area (TPSA) is 93.2 Å². The van der Waals surface area contributed by atoms with E-state index in [2.05, 4.69) is 10.4 Å². The molecule has 0 saturated heterocycles. The maximum atomic E-state index is 14.0. The highest BCUT2D eigenvalue weighted by molar-refractivity contribution is 6.05. The second kappa shape index (κ2) is 10.4. The van der Waals surface area contributed by atoms with Gasteiger partial charge in [0, 0.05) is 30.1 Å². The average molecular weight is 534 g/mol. The predicted molar refractivity (Wildman–Crippen MR) is 140 cm³/mol. The maximum Gasteiger partial charge on any atom is 0.416 e. The summed E-state index contributed by atoms with van der Waals surface area (Å²) in [6.07, 6.45) is -2.94. The van der Waals surface area contributed by atoms with Crippen LogP contribution in [-0.2, 0) is 17.5 Å². The van der Waals surface area contributed by atoms with Crippen molar-refractivity contribution in [2.24, 2.45) is 5.73 Å². The van der Waals surface area contributed by atoms with E-state index < -0.39 is 35.5 Å². The van der Waals surface area contributed by atoms with Crippen LogP contribution in [0.5, 0.6) is 0 Å². The van der Waals surface area contributed by atoms with Gasteiger partial charge in [0.1, 0.15) is 11.9 Å². The number of nitrogens with one attached hydrogen (secondary N) is 1. The summed E-state index contributed by atoms with van der Waals surface area (Å²) >= 11 is 0. The van der Waals surface area contributed by atoms with E-state index in [1.807, 2.05) is 61.5 Å². The summed E-state index contributed by atoms with van der Waals surface area (Å²) in [5, 5.41) is 7.33. The third-order valence-electron chi connectivity index (χ3n) is 6.83. The van der Waals surface area contributed by atoms with E-state index in [1.54, 1.807) is 10.9 Å². The van der Waals surface area contributed by atoms with Gasteiger partial charge in [-0.15, -0.1) is 0 Å². The van der Waals surface area contributed by atoms with Crippen molar-refractivity contribution in [3.63, 3.8) is 0 Å². The van der Waals surface area contributed by atoms with Gasteiger partial charge in [-0.2, -0.15) is 18.3 Å². The molecule has 10 heteroatoms. The van der Waals surface area contributed by atoms with Crippen LogP contribution in [-0.4, -0.2) is 34.2 Å². The molecule has 0 fully saturated rings. The Bertz CT molecular complexity index is 1520. The first-order chi connectivity index (χ1) is 18.7. The van der Waals surface area contributed by atoms with Crippen molar-refractivity contribution in [2.45, 2.75) is 31.6 Å². The normalized spacial score (nSPS) is 17.2. The first-order valence-corrected chi connectivity index (χ1v) is 12.4. The number of para-hydroxylation sites is 1. The van der Waals surface area contributed by atoms with Crippen LogP contribution in [0.25, 0.3) is 5.69 Å². The van der Waals surface area contributed by atoms with Gasteiger partial charge in [0.25, 0.3) is 11.8 Å². The highest BCUT2D eigenvalue weighted by Crippen LogP contribution is 2.41. The minimum Gasteiger partial charge on any atom is -0.339 e. The van der Waals surface area contributed by atoms with E-state index in [4.69, 9.17) is 5.73 Å². The summed E-state index contributed by atoms with van der Waals surface area (Å²) in [5.74, 6) is -1.27. The number of rotatable bonds is 6. The van der Waals surface area contributed by atoms with Crippen molar-refractivity contribution in [3.8, 4) is 5.69 Å². The van der Waals surface area contributed by atoms with Gasteiger partial charge in [-0.25, -0.2) is 4.68 Å². The molecular formula is C29H26F3N5O2. The molecule has 0 saturated carbocycles. The molecule has 1 aliphatic rings. The lowest BCUT2D eigenvalue weighted by molar-refractivity contribution is -0.137. The lowest BCUT2D eigenvalue weighted by Crippen LogP contribution is -2.55. The summed E-state index contributed by atoms with van der Waals surface area (Å²) in [5.41, 5.74) is 7.75. The minimum atomic E-state index is -4.61. The molecule has 0 aliphatic carbocycles. The number of hydrogen-bond acceptors (Lipinski definition) is 4. The fourth-order valence-corrected chi connectivity index (χ4v) is 4.99. The molecular weight excluding hydrogens is 507 g/mol. The Hall–Kier alpha value is -4.44. The molecule has 3 N–H and O–H groups in total. The number of anilines is 1. The Labute approximate surface area is 223 Å². The molecule has 3 aromatic carbocycles. The summed E-state index contributed by atoms with van der Waals surface area (Å²) < 4.78 is 41.6. The molecule has 0 unspecified atom stereocenters. The minimum absolute atomic E-state index is 0.194. The van der Waals surface area contributed by atoms with Crippen LogP contribution in [0, 0.1) is 0 Å². The Morgan fingerprint density at radius 2 is 1.77 bits per heavy atom. The van der Waals surface area contributed by atoms with Crippen molar-refractivity contribution in [1.82, 2.24) is 15.1 Å². The smallest absolute Gasteiger partial charge is 0.339 e. The van der Waals surface area contributed by atoms with Gasteiger partial charge in [0.15, 0.2) is 0 Å². The van der Waals surface area contributed by atoms with Crippen molar-refractivity contribution < 1.29 is 22.8 Å². The Balaban J connectivity index is 1.63. The van der Waals surface area contributed by atoms with Crippen LogP contribution in [0.3, 0.4) is 0 Å². The monoisotopic (exact) mass is 533 g/mol. The highest BCUT2D eigenvalue weighted by Gasteiger charge is 2.44. The summed E-state index contributed by atoms with van der Waals surface area (Å²) in [4.78, 5) is 28.8. The fourth-order valence-electron chi connectivity index (χ4n) is 4.99. The molecule has 5 rings (SSSR count). The van der Waals surface area contributed by atoms with Crippen LogP contribution >= 0.6 is 0 Å². The SMILES string of the molecule is CCN1C(=O)[C@@H](NC(=O)c2cccc(C(F)(F)F)c2)[C@H](c2cccc(CN)c2)c2cnn(-c3ccccc3)c21. The molecule has 2 heterocycles. The van der Waals surface area contributed by atoms with Crippen LogP contribution in [0.4, 0.5) is 19.0 Å². The van der Waals surface area contributed by atoms with Gasteiger partial charge < -0.3 is 11.1 Å². The average Bonchev–Trinajstić information content (AvgIpc) is 3.38. The number of halogens is 3. The molecule has 0 radical (unpaired) electrons. The number of hydrogen-bond donors (Lipinski definition) is 2. The molecule has 1 aromatic heterocycles. The van der Waals surface area contributed by atoms with Gasteiger partial charge >= 0.3 is 6.18 Å². The number of benzene rings is 3. The molecule has 7 nitrogen and oxygen atoms in total. The fraction of sp³-hybridized carbons (Fsp3) is 0.207. The number of nitrogens with zero attached hydrogens (tertiary/aromatic N) is 3. The number of carbonyl (C=O) groups excluding carboxylic acids is 2. The molecule has 0 bridgehead atoms. The summed E-state index contributed by atoms with van der Waals surface area (Å²) in [7, 11) is 0. The lowest BCUT2D eigenvalue weighted by atomic mass is 9.81. The van der Waals surface area contributed by atoms with Crippen molar-refractivity contribution in [2.75, 3.05) is 11.4 Å². The van der Waals surface area contributed by atoms with Crippen molar-refractivity contribution >= 4 is 17.6 Å². The second-order valence-corrected chi connectivity index (χ2v) is 9.21. The first-order valence-electron chi connectivity index (χ1n) is 12.4. The number of amides is 2. The maximum absolute atomic E-state index is 14.0. The molecule has 1 aliphatic heterocycles. The predicted octanol–water partition coefficient (Wildman–Crippen LogP) is 4.65. The van der Waals surface area contributed by atoms with Crippen molar-refractivity contribution in [3.05, 3.63) is 113 Å². The number of fused-ring (bicyclic) bond motifs is 1. The van der Waals surface area contributed by atoms with Gasteiger partial charge in [-0.1, -0.05) is 48.5 Å². The van der Waals surface area contributed by atoms with Crippen LogP contribution in [0.1, 0.15) is 45.5 Å².